The molecule has 1 saturated carbocycles. The second kappa shape index (κ2) is 12.5. The fraction of sp³-hybridized carbons (Fsp3) is 0.682. The smallest absolute Gasteiger partial charge is 0.361 e. The van der Waals surface area contributed by atoms with Crippen molar-refractivity contribution >= 4 is 30.7 Å². The zero-order valence-corrected chi connectivity index (χ0v) is 23.7. The lowest BCUT2D eigenvalue weighted by Gasteiger charge is -2.34. The molecule has 0 bridgehead atoms. The van der Waals surface area contributed by atoms with Crippen LogP contribution in [0.2, 0.25) is 5.15 Å². The fourth-order valence-corrected chi connectivity index (χ4v) is 6.04. The molecule has 19 heteroatoms. The van der Waals surface area contributed by atoms with Gasteiger partial charge in [0.25, 0.3) is 0 Å². The van der Waals surface area contributed by atoms with Crippen molar-refractivity contribution in [1.29, 1.82) is 0 Å². The number of nitrogens with one attached hydrogen (secondary N) is 2. The van der Waals surface area contributed by atoms with Gasteiger partial charge in [-0.25, -0.2) is 4.98 Å². The minimum Gasteiger partial charge on any atom is -0.387 e. The van der Waals surface area contributed by atoms with Crippen molar-refractivity contribution in [2.75, 3.05) is 32.2 Å². The van der Waals surface area contributed by atoms with Crippen molar-refractivity contribution in [3.05, 3.63) is 28.8 Å². The Hall–Kier alpha value is -2.31. The summed E-state index contributed by atoms with van der Waals surface area (Å²) in [5.74, 6) is 0.795. The summed E-state index contributed by atoms with van der Waals surface area (Å²) in [6.45, 7) is -1.89. The third-order valence-corrected chi connectivity index (χ3v) is 8.85. The lowest BCUT2D eigenvalue weighted by Crippen LogP contribution is -2.45. The summed E-state index contributed by atoms with van der Waals surface area (Å²) in [7, 11) is -3.78. The normalized spacial score (nSPS) is 25.2. The molecule has 41 heavy (non-hydrogen) atoms. The van der Waals surface area contributed by atoms with Crippen molar-refractivity contribution in [3.63, 3.8) is 0 Å². The topological polar surface area (TPSA) is 232 Å². The SMILES string of the molecule is COCC(COCc1nn[nH]n1)(OC[C@H]1O[C@@H](c2cnn3c(NC4CCCC4)cc(Cl)nc23)[C@H](O)[C@@H]1O)P(=O)(O)O. The molecule has 226 valence electrons. The van der Waals surface area contributed by atoms with Gasteiger partial charge >= 0.3 is 7.60 Å². The first kappa shape index (κ1) is 30.2. The zero-order chi connectivity index (χ0) is 29.2. The first-order chi connectivity index (χ1) is 19.6. The number of fused-ring (bicyclic) bond motifs is 1. The van der Waals surface area contributed by atoms with Gasteiger partial charge in [-0.3, -0.25) is 4.57 Å². The molecule has 5 rings (SSSR count). The summed E-state index contributed by atoms with van der Waals surface area (Å²) in [6, 6.07) is 1.94. The highest BCUT2D eigenvalue weighted by Crippen LogP contribution is 2.52. The molecular weight excluding hydrogens is 587 g/mol. The molecule has 1 aliphatic carbocycles. The van der Waals surface area contributed by atoms with E-state index < -0.39 is 57.2 Å². The number of halogens is 1. The van der Waals surface area contributed by atoms with Crippen LogP contribution in [-0.4, -0.2) is 112 Å². The van der Waals surface area contributed by atoms with E-state index in [2.05, 4.69) is 36.0 Å². The maximum absolute atomic E-state index is 12.5. The predicted molar refractivity (Wildman–Crippen MR) is 140 cm³/mol. The molecule has 6 N–H and O–H groups in total. The number of H-pyrrole nitrogens is 1. The summed E-state index contributed by atoms with van der Waals surface area (Å²) in [5, 5.41) is 40.6. The molecule has 2 fully saturated rings. The number of aromatic amines is 1. The second-order valence-electron chi connectivity index (χ2n) is 10.1. The summed E-state index contributed by atoms with van der Waals surface area (Å²) >= 11 is 6.31. The van der Waals surface area contributed by atoms with Gasteiger partial charge in [0.05, 0.1) is 26.0 Å². The minimum absolute atomic E-state index is 0.159. The van der Waals surface area contributed by atoms with E-state index in [0.717, 1.165) is 25.7 Å². The van der Waals surface area contributed by atoms with Crippen LogP contribution >= 0.6 is 19.2 Å². The van der Waals surface area contributed by atoms with E-state index in [1.54, 1.807) is 10.6 Å². The largest absolute Gasteiger partial charge is 0.387 e. The van der Waals surface area contributed by atoms with Crippen LogP contribution in [0.15, 0.2) is 12.3 Å². The Kier molecular flexibility index (Phi) is 9.20. The van der Waals surface area contributed by atoms with Crippen LogP contribution in [0.1, 0.15) is 43.2 Å². The molecule has 0 aromatic carbocycles. The van der Waals surface area contributed by atoms with Gasteiger partial charge < -0.3 is 44.3 Å². The van der Waals surface area contributed by atoms with Gasteiger partial charge in [-0.05, 0) is 12.8 Å². The average molecular weight is 619 g/mol. The first-order valence-corrected chi connectivity index (χ1v) is 14.9. The maximum Gasteiger partial charge on any atom is 0.361 e. The standard InChI is InChI=1S/C22H32ClN8O9P/c1-37-10-22(41(34,35)36,11-38-9-16-27-29-30-28-16)39-8-14-18(32)19(33)20(40-14)13-7-24-31-17(6-15(23)26-21(13)31)25-12-4-2-3-5-12/h6-7,12,14,18-20,25,32-33H,2-5,8-11H2,1H3,(H2,34,35,36)(H,27,28,29,30)/t14-,18-,19-,20+,22?/m1/s1. The van der Waals surface area contributed by atoms with E-state index in [1.165, 1.54) is 13.3 Å². The Labute approximate surface area is 238 Å². The Balaban J connectivity index is 1.32. The third kappa shape index (κ3) is 6.39. The van der Waals surface area contributed by atoms with Crippen LogP contribution in [0.25, 0.3) is 5.65 Å². The molecule has 5 atom stereocenters. The van der Waals surface area contributed by atoms with E-state index in [1.807, 2.05) is 0 Å². The molecule has 0 spiro atoms. The third-order valence-electron chi connectivity index (χ3n) is 7.21. The molecule has 1 aliphatic heterocycles. The molecule has 0 amide bonds. The van der Waals surface area contributed by atoms with Gasteiger partial charge in [0, 0.05) is 24.8 Å². The van der Waals surface area contributed by atoms with Crippen molar-refractivity contribution in [2.45, 2.75) is 68.1 Å². The van der Waals surface area contributed by atoms with Gasteiger partial charge in [0.2, 0.25) is 5.34 Å². The van der Waals surface area contributed by atoms with Crippen molar-refractivity contribution in [3.8, 4) is 0 Å². The molecule has 17 nitrogen and oxygen atoms in total. The van der Waals surface area contributed by atoms with Gasteiger partial charge in [-0.15, -0.1) is 10.2 Å². The molecular formula is C22H32ClN8O9P. The number of anilines is 1. The summed E-state index contributed by atoms with van der Waals surface area (Å²) < 4.78 is 36.2. The van der Waals surface area contributed by atoms with Crippen molar-refractivity contribution in [2.24, 2.45) is 0 Å². The highest BCUT2D eigenvalue weighted by atomic mass is 35.5. The van der Waals surface area contributed by atoms with Crippen LogP contribution in [0.3, 0.4) is 0 Å². The fourth-order valence-electron chi connectivity index (χ4n) is 5.06. The number of aromatic nitrogens is 7. The van der Waals surface area contributed by atoms with Crippen LogP contribution < -0.4 is 5.32 Å². The molecule has 4 heterocycles. The maximum atomic E-state index is 12.5. The number of rotatable bonds is 13. The lowest BCUT2D eigenvalue weighted by molar-refractivity contribution is -0.130. The van der Waals surface area contributed by atoms with E-state index in [9.17, 15) is 24.6 Å². The Bertz CT molecular complexity index is 1350. The van der Waals surface area contributed by atoms with Crippen LogP contribution in [0, 0.1) is 0 Å². The van der Waals surface area contributed by atoms with Gasteiger partial charge in [-0.2, -0.15) is 14.8 Å². The zero-order valence-electron chi connectivity index (χ0n) is 22.0. The number of methoxy groups -OCH3 is 1. The highest BCUT2D eigenvalue weighted by Gasteiger charge is 2.52. The second-order valence-corrected chi connectivity index (χ2v) is 12.3. The number of hydrogen-bond acceptors (Lipinski definition) is 13. The Morgan fingerprint density at radius 2 is 2.05 bits per heavy atom. The molecule has 3 aromatic heterocycles. The highest BCUT2D eigenvalue weighted by molar-refractivity contribution is 7.53. The van der Waals surface area contributed by atoms with Crippen LogP contribution in [0.4, 0.5) is 5.82 Å². The molecule has 1 saturated heterocycles. The number of hydrogen-bond donors (Lipinski definition) is 6. The van der Waals surface area contributed by atoms with E-state index >= 15 is 0 Å². The Morgan fingerprint density at radius 3 is 2.73 bits per heavy atom. The number of ether oxygens (including phenoxy) is 4. The summed E-state index contributed by atoms with van der Waals surface area (Å²) in [6.07, 6.45) is 0.622. The van der Waals surface area contributed by atoms with Crippen LogP contribution in [-0.2, 0) is 30.1 Å². The van der Waals surface area contributed by atoms with Gasteiger partial charge in [0.1, 0.15) is 42.0 Å². The van der Waals surface area contributed by atoms with Gasteiger partial charge in [0.15, 0.2) is 11.5 Å². The van der Waals surface area contributed by atoms with E-state index in [0.29, 0.717) is 17.0 Å². The molecule has 3 aromatic rings. The first-order valence-electron chi connectivity index (χ1n) is 12.9. The monoisotopic (exact) mass is 618 g/mol. The minimum atomic E-state index is -5.02. The summed E-state index contributed by atoms with van der Waals surface area (Å²) in [5.41, 5.74) is 0.701. The quantitative estimate of drug-likeness (QED) is 0.111. The predicted octanol–water partition coefficient (Wildman–Crippen LogP) is 0.166. The molecule has 1 unspecified atom stereocenters. The summed E-state index contributed by atoms with van der Waals surface area (Å²) in [4.78, 5) is 24.7. The van der Waals surface area contributed by atoms with Crippen molar-refractivity contribution in [1.82, 2.24) is 35.2 Å². The van der Waals surface area contributed by atoms with Crippen LogP contribution in [0.5, 0.6) is 0 Å². The molecule has 0 radical (unpaired) electrons. The van der Waals surface area contributed by atoms with E-state index in [-0.39, 0.29) is 23.6 Å². The molecule has 2 aliphatic rings. The van der Waals surface area contributed by atoms with Gasteiger partial charge in [-0.1, -0.05) is 29.7 Å². The number of aliphatic hydroxyl groups excluding tert-OH is 2. The number of nitrogens with zero attached hydrogens (tertiary/aromatic N) is 6. The van der Waals surface area contributed by atoms with E-state index in [4.69, 9.17) is 30.5 Å². The van der Waals surface area contributed by atoms with Crippen molar-refractivity contribution < 1.29 is 43.5 Å². The number of aliphatic hydroxyl groups is 2. The Morgan fingerprint density at radius 1 is 1.27 bits per heavy atom. The number of tetrazole rings is 1. The average Bonchev–Trinajstić information content (AvgIpc) is 3.73. The lowest BCUT2D eigenvalue weighted by atomic mass is 10.0.